The predicted molar refractivity (Wildman–Crippen MR) is 172 cm³/mol. The second-order valence-electron chi connectivity index (χ2n) is 10.8. The van der Waals surface area contributed by atoms with E-state index in [0.717, 1.165) is 34.3 Å². The Morgan fingerprint density at radius 1 is 0.978 bits per heavy atom. The third-order valence-corrected chi connectivity index (χ3v) is 9.02. The van der Waals surface area contributed by atoms with Gasteiger partial charge in [0.05, 0.1) is 17.5 Å². The van der Waals surface area contributed by atoms with E-state index < -0.39 is 33.7 Å². The first kappa shape index (κ1) is 36.2. The van der Waals surface area contributed by atoms with Gasteiger partial charge in [0.1, 0.15) is 6.04 Å². The minimum atomic E-state index is -4.66. The van der Waals surface area contributed by atoms with Crippen molar-refractivity contribution in [2.24, 2.45) is 0 Å². The van der Waals surface area contributed by atoms with Crippen LogP contribution in [-0.4, -0.2) is 50.0 Å². The number of carbonyl (C=O) groups excluding carboxylic acids is 2. The molecule has 0 fully saturated rings. The molecule has 3 aromatic rings. The predicted octanol–water partition coefficient (Wildman–Crippen LogP) is 7.11. The van der Waals surface area contributed by atoms with E-state index in [4.69, 9.17) is 23.2 Å². The average Bonchev–Trinajstić information content (AvgIpc) is 2.97. The van der Waals surface area contributed by atoms with Gasteiger partial charge in [0, 0.05) is 42.0 Å². The maximum absolute atomic E-state index is 13.9. The molecular weight excluding hydrogens is 650 g/mol. The summed E-state index contributed by atoms with van der Waals surface area (Å²) in [6.45, 7) is 3.48. The lowest BCUT2D eigenvalue weighted by Crippen LogP contribution is -2.52. The molecule has 2 atom stereocenters. The molecule has 0 aliphatic carbocycles. The van der Waals surface area contributed by atoms with Crippen molar-refractivity contribution in [3.8, 4) is 0 Å². The van der Waals surface area contributed by atoms with Crippen LogP contribution >= 0.6 is 23.2 Å². The molecule has 0 unspecified atom stereocenters. The van der Waals surface area contributed by atoms with Crippen LogP contribution in [0.4, 0.5) is 18.9 Å². The molecular formula is C32H36Cl2F3N3O4S. The fourth-order valence-electron chi connectivity index (χ4n) is 4.67. The Hall–Kier alpha value is -3.28. The molecule has 0 bridgehead atoms. The molecule has 0 heterocycles. The number of nitrogens with one attached hydrogen (secondary N) is 1. The van der Waals surface area contributed by atoms with Crippen molar-refractivity contribution in [1.82, 2.24) is 10.2 Å². The Morgan fingerprint density at radius 2 is 1.67 bits per heavy atom. The molecule has 0 saturated heterocycles. The van der Waals surface area contributed by atoms with Crippen LogP contribution in [0.5, 0.6) is 0 Å². The number of hydrogen-bond donors (Lipinski definition) is 1. The molecule has 244 valence electrons. The van der Waals surface area contributed by atoms with Crippen molar-refractivity contribution in [2.45, 2.75) is 64.3 Å². The van der Waals surface area contributed by atoms with Gasteiger partial charge in [-0.2, -0.15) is 13.2 Å². The van der Waals surface area contributed by atoms with Crippen molar-refractivity contribution in [1.29, 1.82) is 0 Å². The largest absolute Gasteiger partial charge is 0.416 e. The minimum Gasteiger partial charge on any atom is -0.352 e. The first-order valence-corrected chi connectivity index (χ1v) is 16.9. The molecule has 0 radical (unpaired) electrons. The molecule has 0 spiro atoms. The molecule has 3 rings (SSSR count). The number of rotatable bonds is 14. The van der Waals surface area contributed by atoms with Crippen LogP contribution in [-0.2, 0) is 38.8 Å². The lowest BCUT2D eigenvalue weighted by molar-refractivity contribution is -0.141. The summed E-state index contributed by atoms with van der Waals surface area (Å²) < 4.78 is 66.1. The van der Waals surface area contributed by atoms with E-state index >= 15 is 0 Å². The summed E-state index contributed by atoms with van der Waals surface area (Å²) in [7, 11) is -4.00. The smallest absolute Gasteiger partial charge is 0.352 e. The van der Waals surface area contributed by atoms with Crippen LogP contribution in [0, 0.1) is 0 Å². The Kier molecular flexibility index (Phi) is 12.7. The van der Waals surface area contributed by atoms with Crippen molar-refractivity contribution >= 4 is 50.7 Å². The molecule has 2 amide bonds. The molecule has 0 aliphatic rings. The number of anilines is 1. The van der Waals surface area contributed by atoms with Crippen molar-refractivity contribution in [3.05, 3.63) is 99.5 Å². The summed E-state index contributed by atoms with van der Waals surface area (Å²) in [5, 5.41) is 3.66. The van der Waals surface area contributed by atoms with Crippen molar-refractivity contribution < 1.29 is 31.2 Å². The summed E-state index contributed by atoms with van der Waals surface area (Å²) >= 11 is 12.5. The number of alkyl halides is 3. The maximum Gasteiger partial charge on any atom is 0.416 e. The number of benzene rings is 3. The van der Waals surface area contributed by atoms with E-state index in [1.54, 1.807) is 12.1 Å². The molecule has 7 nitrogen and oxygen atoms in total. The third-order valence-electron chi connectivity index (χ3n) is 7.24. The van der Waals surface area contributed by atoms with Crippen molar-refractivity contribution in [3.63, 3.8) is 0 Å². The number of amides is 2. The fraction of sp³-hybridized carbons (Fsp3) is 0.375. The first-order chi connectivity index (χ1) is 21.1. The highest BCUT2D eigenvalue weighted by atomic mass is 35.5. The summed E-state index contributed by atoms with van der Waals surface area (Å²) in [5.74, 6) is -0.827. The second-order valence-corrected chi connectivity index (χ2v) is 13.5. The zero-order valence-corrected chi connectivity index (χ0v) is 27.5. The molecule has 0 saturated carbocycles. The molecule has 1 N–H and O–H groups in total. The molecule has 0 aromatic heterocycles. The van der Waals surface area contributed by atoms with Crippen LogP contribution in [0.15, 0.2) is 72.8 Å². The van der Waals surface area contributed by atoms with Gasteiger partial charge >= 0.3 is 6.18 Å². The normalized spacial score (nSPS) is 13.2. The Morgan fingerprint density at radius 3 is 2.27 bits per heavy atom. The lowest BCUT2D eigenvalue weighted by Gasteiger charge is -2.33. The molecule has 3 aromatic carbocycles. The molecule has 45 heavy (non-hydrogen) atoms. The second kappa shape index (κ2) is 15.8. The maximum atomic E-state index is 13.9. The summed E-state index contributed by atoms with van der Waals surface area (Å²) in [6.07, 6.45) is -3.14. The summed E-state index contributed by atoms with van der Waals surface area (Å²) in [6, 6.07) is 16.9. The Bertz CT molecular complexity index is 1570. The Balaban J connectivity index is 1.93. The van der Waals surface area contributed by atoms with Crippen LogP contribution in [0.1, 0.15) is 49.8 Å². The minimum absolute atomic E-state index is 0.0297. The van der Waals surface area contributed by atoms with Gasteiger partial charge in [-0.15, -0.1) is 0 Å². The van der Waals surface area contributed by atoms with E-state index in [1.807, 2.05) is 44.2 Å². The third kappa shape index (κ3) is 10.6. The number of hydrogen-bond acceptors (Lipinski definition) is 4. The Labute approximate surface area is 272 Å². The SMILES string of the molecule is CC[C@H](C)NC(=O)[C@H](Cc1ccccc1)N(Cc1ccc(Cl)cc1Cl)C(=O)CCCN(c1cccc(C(F)(F)F)c1)S(C)(=O)=O. The highest BCUT2D eigenvalue weighted by Crippen LogP contribution is 2.32. The average molecular weight is 687 g/mol. The zero-order valence-electron chi connectivity index (χ0n) is 25.2. The monoisotopic (exact) mass is 685 g/mol. The van der Waals surface area contributed by atoms with E-state index in [0.29, 0.717) is 22.0 Å². The number of halogens is 5. The number of nitrogens with zero attached hydrogens (tertiary/aromatic N) is 2. The zero-order chi connectivity index (χ0) is 33.4. The van der Waals surface area contributed by atoms with Crippen LogP contribution in [0.3, 0.4) is 0 Å². The van der Waals surface area contributed by atoms with Crippen LogP contribution in [0.2, 0.25) is 10.0 Å². The van der Waals surface area contributed by atoms with E-state index in [9.17, 15) is 31.2 Å². The van der Waals surface area contributed by atoms with Gasteiger partial charge in [-0.05, 0) is 61.2 Å². The lowest BCUT2D eigenvalue weighted by atomic mass is 10.0. The molecule has 0 aliphatic heterocycles. The summed E-state index contributed by atoms with van der Waals surface area (Å²) in [5.41, 5.74) is 0.200. The number of sulfonamides is 1. The fourth-order valence-corrected chi connectivity index (χ4v) is 6.10. The van der Waals surface area contributed by atoms with Gasteiger partial charge in [-0.3, -0.25) is 13.9 Å². The van der Waals surface area contributed by atoms with Gasteiger partial charge in [0.15, 0.2) is 0 Å². The van der Waals surface area contributed by atoms with Gasteiger partial charge in [0.25, 0.3) is 0 Å². The van der Waals surface area contributed by atoms with E-state index in [2.05, 4.69) is 5.32 Å². The van der Waals surface area contributed by atoms with E-state index in [1.165, 1.54) is 17.0 Å². The van der Waals surface area contributed by atoms with Gasteiger partial charge in [-0.25, -0.2) is 8.42 Å². The highest BCUT2D eigenvalue weighted by Gasteiger charge is 2.33. The number of carbonyl (C=O) groups is 2. The van der Waals surface area contributed by atoms with Crippen LogP contribution in [0.25, 0.3) is 0 Å². The van der Waals surface area contributed by atoms with Crippen LogP contribution < -0.4 is 9.62 Å². The standard InChI is InChI=1S/C32H36Cl2F3N3O4S/c1-4-22(2)38-31(42)29(18-23-10-6-5-7-11-23)39(21-24-15-16-26(33)20-28(24)34)30(41)14-9-17-40(45(3,43)44)27-13-8-12-25(19-27)32(35,36)37/h5-8,10-13,15-16,19-20,22,29H,4,9,14,17-18,21H2,1-3H3,(H,38,42)/t22-,29-/m0/s1. The van der Waals surface area contributed by atoms with Crippen molar-refractivity contribution in [2.75, 3.05) is 17.1 Å². The van der Waals surface area contributed by atoms with Gasteiger partial charge in [-0.1, -0.05) is 72.6 Å². The van der Waals surface area contributed by atoms with Gasteiger partial charge in [0.2, 0.25) is 21.8 Å². The van der Waals surface area contributed by atoms with E-state index in [-0.39, 0.29) is 50.0 Å². The molecule has 13 heteroatoms. The summed E-state index contributed by atoms with van der Waals surface area (Å²) in [4.78, 5) is 29.0. The van der Waals surface area contributed by atoms with Gasteiger partial charge < -0.3 is 10.2 Å². The quantitative estimate of drug-likeness (QED) is 0.196. The topological polar surface area (TPSA) is 86.8 Å². The first-order valence-electron chi connectivity index (χ1n) is 14.3. The highest BCUT2D eigenvalue weighted by molar-refractivity contribution is 7.92.